The Kier molecular flexibility index (Phi) is 8.42. The Morgan fingerprint density at radius 1 is 1.05 bits per heavy atom. The van der Waals surface area contributed by atoms with Crippen LogP contribution >= 0.6 is 23.2 Å². The van der Waals surface area contributed by atoms with E-state index in [0.29, 0.717) is 59.6 Å². The molecule has 0 spiro atoms. The topological polar surface area (TPSA) is 124 Å². The number of hydrogen-bond acceptors (Lipinski definition) is 6. The summed E-state index contributed by atoms with van der Waals surface area (Å²) in [4.78, 5) is 42.2. The van der Waals surface area contributed by atoms with Crippen molar-refractivity contribution in [3.05, 3.63) is 74.1 Å². The second-order valence-corrected chi connectivity index (χ2v) is 10.8. The van der Waals surface area contributed by atoms with Crippen molar-refractivity contribution in [1.82, 2.24) is 20.5 Å². The van der Waals surface area contributed by atoms with E-state index in [4.69, 9.17) is 27.9 Å². The number of aromatic nitrogens is 1. The number of aliphatic hydroxyl groups is 1. The molecule has 1 saturated carbocycles. The lowest BCUT2D eigenvalue weighted by atomic mass is 10.1. The van der Waals surface area contributed by atoms with Gasteiger partial charge in [0.2, 0.25) is 0 Å². The molecule has 2 amide bonds. The Morgan fingerprint density at radius 2 is 1.77 bits per heavy atom. The fourth-order valence-electron chi connectivity index (χ4n) is 4.78. The predicted molar refractivity (Wildman–Crippen MR) is 150 cm³/mol. The number of nitrogens with one attached hydrogen (secondary N) is 3. The number of nitrogens with zero attached hydrogens (tertiary/aromatic N) is 1. The van der Waals surface area contributed by atoms with Crippen LogP contribution in [0.15, 0.2) is 47.4 Å². The Morgan fingerprint density at radius 3 is 2.49 bits per heavy atom. The highest BCUT2D eigenvalue weighted by Crippen LogP contribution is 2.35. The minimum Gasteiger partial charge on any atom is -0.489 e. The summed E-state index contributed by atoms with van der Waals surface area (Å²) in [7, 11) is 0. The third-order valence-electron chi connectivity index (χ3n) is 7.05. The molecule has 2 fully saturated rings. The van der Waals surface area contributed by atoms with Gasteiger partial charge in [-0.1, -0.05) is 41.4 Å². The van der Waals surface area contributed by atoms with E-state index in [1.807, 2.05) is 0 Å². The number of likely N-dealkylation sites (tertiary alicyclic amines) is 1. The summed E-state index contributed by atoms with van der Waals surface area (Å²) in [5.41, 5.74) is 0.356. The van der Waals surface area contributed by atoms with E-state index in [1.54, 1.807) is 36.4 Å². The van der Waals surface area contributed by atoms with Gasteiger partial charge < -0.3 is 30.4 Å². The molecule has 206 valence electrons. The van der Waals surface area contributed by atoms with Crippen molar-refractivity contribution < 1.29 is 19.4 Å². The van der Waals surface area contributed by atoms with Crippen LogP contribution in [0.4, 0.5) is 0 Å². The lowest BCUT2D eigenvalue weighted by Gasteiger charge is -2.33. The Balaban J connectivity index is 1.12. The number of aromatic amines is 1. The highest BCUT2D eigenvalue weighted by Gasteiger charge is 2.29. The van der Waals surface area contributed by atoms with Gasteiger partial charge in [-0.25, -0.2) is 0 Å². The van der Waals surface area contributed by atoms with Gasteiger partial charge in [-0.15, -0.1) is 0 Å². The Labute approximate surface area is 235 Å². The molecule has 1 unspecified atom stereocenters. The third-order valence-corrected chi connectivity index (χ3v) is 7.85. The van der Waals surface area contributed by atoms with Gasteiger partial charge in [-0.05, 0) is 43.9 Å². The van der Waals surface area contributed by atoms with Crippen LogP contribution in [0.1, 0.15) is 46.4 Å². The first kappa shape index (κ1) is 27.5. The highest BCUT2D eigenvalue weighted by molar-refractivity contribution is 6.44. The van der Waals surface area contributed by atoms with Gasteiger partial charge in [0.05, 0.1) is 21.7 Å². The number of piperidine rings is 1. The van der Waals surface area contributed by atoms with E-state index in [-0.39, 0.29) is 46.7 Å². The van der Waals surface area contributed by atoms with Gasteiger partial charge in [0.1, 0.15) is 17.4 Å². The molecule has 11 heteroatoms. The summed E-state index contributed by atoms with van der Waals surface area (Å²) < 4.78 is 6.19. The number of hydrogen-bond donors (Lipinski definition) is 4. The number of aliphatic hydroxyl groups excluding tert-OH is 1. The summed E-state index contributed by atoms with van der Waals surface area (Å²) in [6, 6.07) is 10.4. The SMILES string of the molecule is O=C(NC1CC1)c1c(OC2CCN(CC(O)CNC(=O)c3c[nH]c(=O)c4ccccc34)CC2)ccc(Cl)c1Cl. The average molecular weight is 573 g/mol. The molecule has 1 aliphatic heterocycles. The fraction of sp³-hybridized carbons (Fsp3) is 0.393. The quantitative estimate of drug-likeness (QED) is 0.312. The molecule has 2 aliphatic rings. The van der Waals surface area contributed by atoms with Crippen molar-refractivity contribution in [2.24, 2.45) is 0 Å². The Hall–Kier alpha value is -3.11. The van der Waals surface area contributed by atoms with Crippen LogP contribution in [0, 0.1) is 0 Å². The van der Waals surface area contributed by atoms with E-state index >= 15 is 0 Å². The molecule has 9 nitrogen and oxygen atoms in total. The van der Waals surface area contributed by atoms with Crippen molar-refractivity contribution in [3.8, 4) is 5.75 Å². The van der Waals surface area contributed by atoms with Crippen molar-refractivity contribution in [2.75, 3.05) is 26.2 Å². The minimum absolute atomic E-state index is 0.0749. The molecular formula is C28H30Cl2N4O5. The number of rotatable bonds is 9. The minimum atomic E-state index is -0.770. The largest absolute Gasteiger partial charge is 0.489 e. The van der Waals surface area contributed by atoms with Crippen LogP contribution in [-0.4, -0.2) is 71.2 Å². The molecular weight excluding hydrogens is 543 g/mol. The van der Waals surface area contributed by atoms with E-state index in [9.17, 15) is 19.5 Å². The predicted octanol–water partition coefficient (Wildman–Crippen LogP) is 3.36. The number of pyridine rings is 1. The second-order valence-electron chi connectivity index (χ2n) is 10.0. The molecule has 2 aromatic carbocycles. The lowest BCUT2D eigenvalue weighted by Crippen LogP contribution is -2.45. The maximum Gasteiger partial charge on any atom is 0.256 e. The zero-order chi connectivity index (χ0) is 27.5. The first-order valence-corrected chi connectivity index (χ1v) is 13.8. The van der Waals surface area contributed by atoms with Crippen molar-refractivity contribution in [1.29, 1.82) is 0 Å². The van der Waals surface area contributed by atoms with Gasteiger partial charge in [-0.2, -0.15) is 0 Å². The number of halogens is 2. The average Bonchev–Trinajstić information content (AvgIpc) is 3.75. The van der Waals surface area contributed by atoms with Gasteiger partial charge in [0.15, 0.2) is 0 Å². The fourth-order valence-corrected chi connectivity index (χ4v) is 5.18. The number of H-pyrrole nitrogens is 1. The summed E-state index contributed by atoms with van der Waals surface area (Å²) >= 11 is 12.5. The smallest absolute Gasteiger partial charge is 0.256 e. The zero-order valence-electron chi connectivity index (χ0n) is 21.2. The second kappa shape index (κ2) is 12.0. The molecule has 5 rings (SSSR count). The van der Waals surface area contributed by atoms with Crippen LogP contribution in [-0.2, 0) is 0 Å². The third kappa shape index (κ3) is 6.55. The standard InChI is InChI=1S/C28H30Cl2N4O5/c29-22-7-8-23(24(25(22)30)28(38)33-16-5-6-16)39-18-9-11-34(12-10-18)15-17(35)13-31-27(37)21-14-32-26(36)20-4-2-1-3-19(20)21/h1-4,7-8,14,16-18,35H,5-6,9-13,15H2,(H,31,37)(H,32,36)(H,33,38). The highest BCUT2D eigenvalue weighted by atomic mass is 35.5. The molecule has 4 N–H and O–H groups in total. The number of ether oxygens (including phenoxy) is 1. The lowest BCUT2D eigenvalue weighted by molar-refractivity contribution is 0.0588. The van der Waals surface area contributed by atoms with E-state index in [1.165, 1.54) is 6.20 Å². The molecule has 0 bridgehead atoms. The van der Waals surface area contributed by atoms with Crippen molar-refractivity contribution in [2.45, 2.75) is 43.9 Å². The van der Waals surface area contributed by atoms with E-state index in [2.05, 4.69) is 20.5 Å². The van der Waals surface area contributed by atoms with Crippen LogP contribution in [0.5, 0.6) is 5.75 Å². The maximum absolute atomic E-state index is 12.8. The van der Waals surface area contributed by atoms with Gasteiger partial charge in [0, 0.05) is 49.2 Å². The number of β-amino-alcohol motifs (C(OH)–C–C–N with tert-alkyl or cyclic N) is 1. The number of carbonyl (C=O) groups excluding carboxylic acids is 2. The first-order valence-electron chi connectivity index (χ1n) is 13.0. The molecule has 3 aromatic rings. The molecule has 1 saturated heterocycles. The molecule has 1 aromatic heterocycles. The monoisotopic (exact) mass is 572 g/mol. The summed E-state index contributed by atoms with van der Waals surface area (Å²) in [5.74, 6) is -0.229. The number of carbonyl (C=O) groups is 2. The van der Waals surface area contributed by atoms with Gasteiger partial charge in [-0.3, -0.25) is 14.4 Å². The molecule has 2 heterocycles. The maximum atomic E-state index is 12.8. The number of benzene rings is 2. The number of amides is 2. The molecule has 39 heavy (non-hydrogen) atoms. The van der Waals surface area contributed by atoms with Gasteiger partial charge in [0.25, 0.3) is 17.4 Å². The van der Waals surface area contributed by atoms with Crippen LogP contribution in [0.25, 0.3) is 10.8 Å². The van der Waals surface area contributed by atoms with Crippen LogP contribution in [0.3, 0.4) is 0 Å². The van der Waals surface area contributed by atoms with E-state index in [0.717, 1.165) is 12.8 Å². The van der Waals surface area contributed by atoms with Crippen LogP contribution in [0.2, 0.25) is 10.0 Å². The Bertz CT molecular complexity index is 1430. The van der Waals surface area contributed by atoms with Crippen molar-refractivity contribution >= 4 is 45.8 Å². The summed E-state index contributed by atoms with van der Waals surface area (Å²) in [6.45, 7) is 1.84. The van der Waals surface area contributed by atoms with E-state index < -0.39 is 6.10 Å². The summed E-state index contributed by atoms with van der Waals surface area (Å²) in [6.07, 6.45) is 3.82. The first-order chi connectivity index (χ1) is 18.8. The van der Waals surface area contributed by atoms with Crippen LogP contribution < -0.4 is 20.9 Å². The molecule has 1 atom stereocenters. The normalized spacial score (nSPS) is 17.1. The van der Waals surface area contributed by atoms with Crippen molar-refractivity contribution in [3.63, 3.8) is 0 Å². The molecule has 1 aliphatic carbocycles. The number of fused-ring (bicyclic) bond motifs is 1. The zero-order valence-corrected chi connectivity index (χ0v) is 22.7. The summed E-state index contributed by atoms with van der Waals surface area (Å²) in [5, 5.41) is 17.8. The molecule has 0 radical (unpaired) electrons. The van der Waals surface area contributed by atoms with Gasteiger partial charge >= 0.3 is 0 Å².